The number of hydrogen-bond donors (Lipinski definition) is 2. The third-order valence-electron chi connectivity index (χ3n) is 3.03. The lowest BCUT2D eigenvalue weighted by molar-refractivity contribution is 0.480. The minimum Gasteiger partial charge on any atom is -0.469 e. The van der Waals surface area contributed by atoms with Crippen molar-refractivity contribution in [2.24, 2.45) is 0 Å². The lowest BCUT2D eigenvalue weighted by atomic mass is 10.2. The zero-order chi connectivity index (χ0) is 15.5. The van der Waals surface area contributed by atoms with Crippen LogP contribution in [-0.4, -0.2) is 14.5 Å². The highest BCUT2D eigenvalue weighted by atomic mass is 79.9. The molecule has 1 atom stereocenters. The van der Waals surface area contributed by atoms with Gasteiger partial charge in [-0.15, -0.1) is 0 Å². The number of nitrogen functional groups attached to an aromatic ring is 1. The Kier molecular flexibility index (Phi) is 5.08. The van der Waals surface area contributed by atoms with Gasteiger partial charge in [-0.3, -0.25) is 0 Å². The molecule has 21 heavy (non-hydrogen) atoms. The average molecular weight is 373 g/mol. The summed E-state index contributed by atoms with van der Waals surface area (Å²) in [5, 5.41) is 0. The van der Waals surface area contributed by atoms with Gasteiger partial charge in [0.15, 0.2) is 0 Å². The number of nitrogens with one attached hydrogen (secondary N) is 1. The fourth-order valence-corrected chi connectivity index (χ4v) is 3.89. The van der Waals surface area contributed by atoms with E-state index in [1.165, 1.54) is 6.07 Å². The Hall–Kier alpha value is -1.31. The molecule has 1 aromatic carbocycles. The van der Waals surface area contributed by atoms with E-state index >= 15 is 0 Å². The second-order valence-electron chi connectivity index (χ2n) is 4.82. The number of rotatable bonds is 6. The zero-order valence-electron chi connectivity index (χ0n) is 11.5. The molecule has 0 amide bonds. The Labute approximate surface area is 132 Å². The number of furan rings is 1. The third kappa shape index (κ3) is 4.33. The molecule has 0 fully saturated rings. The monoisotopic (exact) mass is 372 g/mol. The van der Waals surface area contributed by atoms with Gasteiger partial charge in [-0.25, -0.2) is 13.1 Å². The van der Waals surface area contributed by atoms with Gasteiger partial charge < -0.3 is 10.2 Å². The van der Waals surface area contributed by atoms with Crippen molar-refractivity contribution >= 4 is 31.6 Å². The van der Waals surface area contributed by atoms with Crippen LogP contribution in [0.1, 0.15) is 19.1 Å². The molecule has 1 unspecified atom stereocenters. The Bertz CT molecular complexity index is 699. The molecule has 0 radical (unpaired) electrons. The predicted octanol–water partition coefficient (Wildman–Crippen LogP) is 2.92. The van der Waals surface area contributed by atoms with Gasteiger partial charge in [-0.05, 0) is 43.7 Å². The van der Waals surface area contributed by atoms with Gasteiger partial charge in [-0.2, -0.15) is 0 Å². The van der Waals surface area contributed by atoms with Gasteiger partial charge in [0.05, 0.1) is 12.0 Å². The molecule has 0 bridgehead atoms. The van der Waals surface area contributed by atoms with Crippen LogP contribution in [0.4, 0.5) is 5.69 Å². The number of anilines is 1. The summed E-state index contributed by atoms with van der Waals surface area (Å²) in [6.07, 6.45) is 2.91. The number of hydrogen-bond acceptors (Lipinski definition) is 4. The van der Waals surface area contributed by atoms with Gasteiger partial charge >= 0.3 is 0 Å². The first-order valence-electron chi connectivity index (χ1n) is 6.48. The van der Waals surface area contributed by atoms with Gasteiger partial charge in [0, 0.05) is 16.9 Å². The molecule has 2 aromatic rings. The highest BCUT2D eigenvalue weighted by Gasteiger charge is 2.20. The second kappa shape index (κ2) is 6.64. The maximum Gasteiger partial charge on any atom is 0.242 e. The summed E-state index contributed by atoms with van der Waals surface area (Å²) in [4.78, 5) is 0.0849. The van der Waals surface area contributed by atoms with Gasteiger partial charge in [0.2, 0.25) is 10.0 Å². The summed E-state index contributed by atoms with van der Waals surface area (Å²) in [7, 11) is -3.64. The highest BCUT2D eigenvalue weighted by molar-refractivity contribution is 9.10. The molecule has 0 saturated carbocycles. The van der Waals surface area contributed by atoms with Crippen molar-refractivity contribution in [2.75, 3.05) is 5.73 Å². The lowest BCUT2D eigenvalue weighted by Gasteiger charge is -2.15. The number of halogens is 1. The third-order valence-corrected chi connectivity index (χ3v) is 5.16. The van der Waals surface area contributed by atoms with Crippen molar-refractivity contribution < 1.29 is 12.8 Å². The van der Waals surface area contributed by atoms with Crippen molar-refractivity contribution in [3.8, 4) is 0 Å². The fourth-order valence-electron chi connectivity index (χ4n) is 1.94. The van der Waals surface area contributed by atoms with E-state index in [4.69, 9.17) is 10.2 Å². The number of benzene rings is 1. The van der Waals surface area contributed by atoms with Crippen LogP contribution in [-0.2, 0) is 16.4 Å². The van der Waals surface area contributed by atoms with Crippen LogP contribution >= 0.6 is 15.9 Å². The molecule has 7 heteroatoms. The molecular weight excluding hydrogens is 356 g/mol. The van der Waals surface area contributed by atoms with Crippen LogP contribution in [0.25, 0.3) is 0 Å². The standard InChI is InChI=1S/C14H17BrN2O3S/c1-10(4-6-12-3-2-8-20-12)17-21(18,19)14-9-11(15)5-7-13(14)16/h2-3,5,7-10,17H,4,6,16H2,1H3. The quantitative estimate of drug-likeness (QED) is 0.763. The summed E-state index contributed by atoms with van der Waals surface area (Å²) in [6, 6.07) is 8.22. The van der Waals surface area contributed by atoms with Crippen LogP contribution in [0.15, 0.2) is 50.4 Å². The van der Waals surface area contributed by atoms with E-state index in [1.807, 2.05) is 19.1 Å². The maximum atomic E-state index is 12.3. The molecule has 0 saturated heterocycles. The SMILES string of the molecule is CC(CCc1ccco1)NS(=O)(=O)c1cc(Br)ccc1N. The van der Waals surface area contributed by atoms with Crippen LogP contribution < -0.4 is 10.5 Å². The summed E-state index contributed by atoms with van der Waals surface area (Å²) in [6.45, 7) is 1.81. The Balaban J connectivity index is 2.04. The van der Waals surface area contributed by atoms with Crippen molar-refractivity contribution in [3.63, 3.8) is 0 Å². The highest BCUT2D eigenvalue weighted by Crippen LogP contribution is 2.23. The minimum absolute atomic E-state index is 0.0849. The minimum atomic E-state index is -3.64. The molecule has 0 aliphatic carbocycles. The topological polar surface area (TPSA) is 85.3 Å². The van der Waals surface area contributed by atoms with E-state index in [0.29, 0.717) is 17.3 Å². The largest absolute Gasteiger partial charge is 0.469 e. The molecule has 1 aromatic heterocycles. The number of nitrogens with two attached hydrogens (primary N) is 1. The van der Waals surface area contributed by atoms with E-state index < -0.39 is 10.0 Å². The summed E-state index contributed by atoms with van der Waals surface area (Å²) >= 11 is 3.25. The second-order valence-corrected chi connectivity index (χ2v) is 7.42. The molecule has 0 spiro atoms. The summed E-state index contributed by atoms with van der Waals surface area (Å²) in [5.74, 6) is 0.836. The van der Waals surface area contributed by atoms with Crippen LogP contribution in [0, 0.1) is 0 Å². The lowest BCUT2D eigenvalue weighted by Crippen LogP contribution is -2.33. The maximum absolute atomic E-state index is 12.3. The average Bonchev–Trinajstić information content (AvgIpc) is 2.92. The van der Waals surface area contributed by atoms with E-state index in [-0.39, 0.29) is 16.6 Å². The van der Waals surface area contributed by atoms with Crippen molar-refractivity contribution in [2.45, 2.75) is 30.7 Å². The summed E-state index contributed by atoms with van der Waals surface area (Å²) < 4.78 is 33.2. The number of aryl methyl sites for hydroxylation is 1. The van der Waals surface area contributed by atoms with Gasteiger partial charge in [0.25, 0.3) is 0 Å². The smallest absolute Gasteiger partial charge is 0.242 e. The van der Waals surface area contributed by atoms with E-state index in [1.54, 1.807) is 18.4 Å². The Morgan fingerprint density at radius 1 is 1.38 bits per heavy atom. The summed E-state index contributed by atoms with van der Waals surface area (Å²) in [5.41, 5.74) is 5.97. The van der Waals surface area contributed by atoms with Crippen LogP contribution in [0.5, 0.6) is 0 Å². The predicted molar refractivity (Wildman–Crippen MR) is 85.4 cm³/mol. The van der Waals surface area contributed by atoms with E-state index in [0.717, 1.165) is 5.76 Å². The normalized spacial score (nSPS) is 13.2. The molecule has 2 rings (SSSR count). The molecule has 0 aliphatic rings. The Morgan fingerprint density at radius 3 is 2.81 bits per heavy atom. The molecule has 5 nitrogen and oxygen atoms in total. The zero-order valence-corrected chi connectivity index (χ0v) is 13.9. The van der Waals surface area contributed by atoms with Crippen LogP contribution in [0.3, 0.4) is 0 Å². The van der Waals surface area contributed by atoms with Gasteiger partial charge in [-0.1, -0.05) is 15.9 Å². The van der Waals surface area contributed by atoms with Crippen molar-refractivity contribution in [1.29, 1.82) is 0 Å². The fraction of sp³-hybridized carbons (Fsp3) is 0.286. The van der Waals surface area contributed by atoms with Crippen molar-refractivity contribution in [3.05, 3.63) is 46.8 Å². The molecule has 0 aliphatic heterocycles. The molecule has 114 valence electrons. The molecule has 1 heterocycles. The molecule has 3 N–H and O–H groups in total. The molecular formula is C14H17BrN2O3S. The number of sulfonamides is 1. The Morgan fingerprint density at radius 2 is 2.14 bits per heavy atom. The first-order chi connectivity index (χ1) is 9.88. The van der Waals surface area contributed by atoms with E-state index in [9.17, 15) is 8.42 Å². The van der Waals surface area contributed by atoms with E-state index in [2.05, 4.69) is 20.7 Å². The van der Waals surface area contributed by atoms with Crippen LogP contribution in [0.2, 0.25) is 0 Å². The van der Waals surface area contributed by atoms with Crippen molar-refractivity contribution in [1.82, 2.24) is 4.72 Å². The first kappa shape index (κ1) is 16.1. The van der Waals surface area contributed by atoms with Gasteiger partial charge in [0.1, 0.15) is 10.7 Å². The first-order valence-corrected chi connectivity index (χ1v) is 8.76.